The Morgan fingerprint density at radius 3 is 1.31 bits per heavy atom. The van der Waals surface area contributed by atoms with Gasteiger partial charge in [-0.15, -0.1) is 0 Å². The zero-order valence-electron chi connectivity index (χ0n) is 58.1. The fraction of sp³-hybridized carbons (Fsp3) is 0.562. The van der Waals surface area contributed by atoms with Crippen LogP contribution in [0.2, 0.25) is 0 Å². The molecule has 4 aliphatic carbocycles. The molecule has 8 N–H and O–H groups in total. The fourth-order valence-corrected chi connectivity index (χ4v) is 15.4. The molecule has 0 radical (unpaired) electrons. The highest BCUT2D eigenvalue weighted by molar-refractivity contribution is 6.32. The Labute approximate surface area is 578 Å². The second-order valence-corrected chi connectivity index (χ2v) is 29.2. The first-order chi connectivity index (χ1) is 47.1. The minimum Gasteiger partial charge on any atom is -0.507 e. The van der Waals surface area contributed by atoms with E-state index in [0.717, 1.165) is 0 Å². The number of Topliss-reactive ketones (excluding diaryl/α,β-unsaturated/α-hetero) is 2. The number of ketones is 6. The number of methoxy groups -OCH3 is 2. The lowest BCUT2D eigenvalue weighted by molar-refractivity contribution is -0.259. The molecule has 8 aliphatic rings. The van der Waals surface area contributed by atoms with Crippen molar-refractivity contribution in [3.05, 3.63) is 103 Å². The van der Waals surface area contributed by atoms with Crippen molar-refractivity contribution in [3.8, 4) is 34.5 Å². The number of hydrogen-bond acceptors (Lipinski definition) is 25. The van der Waals surface area contributed by atoms with E-state index < -0.39 is 165 Å². The second kappa shape index (κ2) is 28.1. The maximum Gasteiger partial charge on any atom is 0.409 e. The van der Waals surface area contributed by atoms with Crippen LogP contribution in [0.3, 0.4) is 0 Å². The monoisotopic (exact) mass is 1390 g/mol. The van der Waals surface area contributed by atoms with Crippen molar-refractivity contribution in [1.29, 1.82) is 0 Å². The van der Waals surface area contributed by atoms with Gasteiger partial charge in [0.15, 0.2) is 35.7 Å². The number of carbonyl (C=O) groups is 8. The molecule has 100 heavy (non-hydrogen) atoms. The van der Waals surface area contributed by atoms with Gasteiger partial charge in [-0.25, -0.2) is 4.79 Å². The van der Waals surface area contributed by atoms with Gasteiger partial charge in [-0.1, -0.05) is 58.9 Å². The van der Waals surface area contributed by atoms with Crippen molar-refractivity contribution >= 4 is 46.7 Å². The van der Waals surface area contributed by atoms with Crippen LogP contribution in [-0.4, -0.2) is 241 Å². The molecular formula is C73H90N4O23. The minimum atomic E-state index is -2.04. The zero-order chi connectivity index (χ0) is 72.7. The lowest BCUT2D eigenvalue weighted by Crippen LogP contribution is -2.60. The Morgan fingerprint density at radius 1 is 0.570 bits per heavy atom. The van der Waals surface area contributed by atoms with E-state index in [9.17, 15) is 79.2 Å². The van der Waals surface area contributed by atoms with Crippen LogP contribution in [0.4, 0.5) is 4.79 Å². The predicted octanol–water partition coefficient (Wildman–Crippen LogP) is 5.13. The molecule has 27 heteroatoms. The Bertz CT molecular complexity index is 3960. The van der Waals surface area contributed by atoms with Crippen molar-refractivity contribution in [1.82, 2.24) is 19.6 Å². The SMILES string of the molecule is COc1cccc2c1C(=O)c1c(O)c3c(c(O)c1C2=O)C[C@@](O)(C(C)=O)C[C@@H]3O[C@H]1CC(N2CCN(C(=O)CC(C)(C)C)CC2)C(O)[C@H](C)O1.COc1cccc2c1C(=O)c1c(O)c3c(c(O)c1C2=O)C[C@@](O)(C(C)=O)C[C@@H]3O[C@H]1CC(N2CCN(C(=O)OCC(C)C)CC2)C(O)[C@H](C)O1. The summed E-state index contributed by atoms with van der Waals surface area (Å²) in [6, 6.07) is 8.04. The molecule has 12 rings (SSSR count). The molecule has 4 fully saturated rings. The summed E-state index contributed by atoms with van der Waals surface area (Å²) in [5, 5.41) is 92.2. The van der Waals surface area contributed by atoms with Gasteiger partial charge in [0.25, 0.3) is 0 Å². The van der Waals surface area contributed by atoms with Gasteiger partial charge in [-0.05, 0) is 51.2 Å². The highest BCUT2D eigenvalue weighted by Crippen LogP contribution is 2.55. The molecule has 4 unspecified atom stereocenters. The Kier molecular flexibility index (Phi) is 20.6. The summed E-state index contributed by atoms with van der Waals surface area (Å²) in [7, 11) is 2.69. The minimum absolute atomic E-state index is 0.0180. The molecule has 12 atom stereocenters. The Hall–Kier alpha value is -7.96. The number of hydrogen-bond donors (Lipinski definition) is 8. The molecule has 4 heterocycles. The highest BCUT2D eigenvalue weighted by atomic mass is 16.7. The van der Waals surface area contributed by atoms with E-state index in [1.54, 1.807) is 18.7 Å². The van der Waals surface area contributed by atoms with Crippen LogP contribution in [0.25, 0.3) is 0 Å². The fourth-order valence-electron chi connectivity index (χ4n) is 15.4. The van der Waals surface area contributed by atoms with Gasteiger partial charge >= 0.3 is 6.09 Å². The van der Waals surface area contributed by atoms with Crippen LogP contribution >= 0.6 is 0 Å². The molecule has 4 saturated heterocycles. The summed E-state index contributed by atoms with van der Waals surface area (Å²) in [4.78, 5) is 114. The first-order valence-corrected chi connectivity index (χ1v) is 34.0. The first-order valence-electron chi connectivity index (χ1n) is 34.0. The summed E-state index contributed by atoms with van der Waals surface area (Å²) in [5.74, 6) is -6.12. The van der Waals surface area contributed by atoms with Gasteiger partial charge in [-0.3, -0.25) is 43.4 Å². The average molecular weight is 1390 g/mol. The largest absolute Gasteiger partial charge is 0.507 e. The van der Waals surface area contributed by atoms with Crippen molar-refractivity contribution in [2.24, 2.45) is 11.3 Å². The van der Waals surface area contributed by atoms with Crippen molar-refractivity contribution < 1.29 is 112 Å². The van der Waals surface area contributed by atoms with Gasteiger partial charge < -0.3 is 83.8 Å². The molecule has 4 aromatic rings. The number of benzene rings is 4. The predicted molar refractivity (Wildman–Crippen MR) is 354 cm³/mol. The lowest BCUT2D eigenvalue weighted by atomic mass is 9.72. The van der Waals surface area contributed by atoms with Crippen molar-refractivity contribution in [2.75, 3.05) is 73.2 Å². The standard InChI is InChI=1S/C37H46N2O11.C36H44N2O12/c1-18-31(42)22(38-10-12-39(13-11-38)25(41)17-36(3,4)5)14-26(49-18)50-24-16-37(47,19(2)40)15-21-28(24)35(46)30-29(33(21)44)32(43)20-8-7-9-23(48-6)27(20)34(30)45;1-17(2)16-48-35(45)38-11-9-37(10-12-38)22-13-25(49-18(3)30(22)40)50-24-15-36(46,19(4)39)14-21-27(24)34(44)29-28(32(21)42)31(41)20-7-6-8-23(47-5)26(20)33(29)43/h7-9,18,22,24,26,31,42,44,46-47H,10-17H2,1-6H3;6-8,17-18,22,24-25,30,40,42,44,46H,9-16H2,1-5H3/t18-,22?,24-,26-,31?,37-;18-,22?,24-,25-,30?,36-/m00/s1. The smallest absolute Gasteiger partial charge is 0.409 e. The molecule has 4 aliphatic heterocycles. The molecule has 0 spiro atoms. The Morgan fingerprint density at radius 2 is 0.950 bits per heavy atom. The number of piperazine rings is 2. The summed E-state index contributed by atoms with van der Waals surface area (Å²) in [6.07, 6.45) is -8.94. The third-order valence-electron chi connectivity index (χ3n) is 20.8. The van der Waals surface area contributed by atoms with E-state index in [2.05, 4.69) is 4.90 Å². The lowest BCUT2D eigenvalue weighted by Gasteiger charge is -2.47. The Balaban J connectivity index is 0.000000202. The first kappa shape index (κ1) is 73.3. The summed E-state index contributed by atoms with van der Waals surface area (Å²) in [5.41, 5.74) is -6.34. The van der Waals surface area contributed by atoms with E-state index >= 15 is 0 Å². The molecule has 0 saturated carbocycles. The molecule has 0 bridgehead atoms. The van der Waals surface area contributed by atoms with E-state index in [4.69, 9.17) is 33.2 Å². The van der Waals surface area contributed by atoms with Crippen LogP contribution in [0, 0.1) is 11.3 Å². The second-order valence-electron chi connectivity index (χ2n) is 29.2. The molecule has 0 aromatic heterocycles. The number of rotatable bonds is 13. The number of aliphatic hydroxyl groups is 4. The number of aliphatic hydroxyl groups excluding tert-OH is 2. The van der Waals surface area contributed by atoms with Gasteiger partial charge in [0.2, 0.25) is 17.5 Å². The van der Waals surface area contributed by atoms with E-state index in [1.165, 1.54) is 64.5 Å². The number of nitrogens with zero attached hydrogens (tertiary/aromatic N) is 4. The van der Waals surface area contributed by atoms with Crippen LogP contribution < -0.4 is 9.47 Å². The zero-order valence-corrected chi connectivity index (χ0v) is 58.1. The number of carbonyl (C=O) groups excluding carboxylic acids is 8. The molecule has 27 nitrogen and oxygen atoms in total. The normalized spacial score (nSPS) is 28.3. The van der Waals surface area contributed by atoms with Gasteiger partial charge in [0.1, 0.15) is 45.7 Å². The number of fused-ring (bicyclic) bond motifs is 6. The van der Waals surface area contributed by atoms with E-state index in [0.29, 0.717) is 65.4 Å². The number of phenols is 4. The van der Waals surface area contributed by atoms with Crippen LogP contribution in [0.1, 0.15) is 193 Å². The summed E-state index contributed by atoms with van der Waals surface area (Å²) < 4.78 is 41.0. The maximum absolute atomic E-state index is 13.9. The highest BCUT2D eigenvalue weighted by Gasteiger charge is 2.53. The quantitative estimate of drug-likeness (QED) is 0.0695. The van der Waals surface area contributed by atoms with E-state index in [-0.39, 0.29) is 105 Å². The molecule has 2 amide bonds. The molecule has 540 valence electrons. The van der Waals surface area contributed by atoms with Crippen LogP contribution in [0.15, 0.2) is 36.4 Å². The topological polar surface area (TPSA) is 376 Å². The van der Waals surface area contributed by atoms with E-state index in [1.807, 2.05) is 44.4 Å². The summed E-state index contributed by atoms with van der Waals surface area (Å²) >= 11 is 0. The summed E-state index contributed by atoms with van der Waals surface area (Å²) in [6.45, 7) is 19.8. The third-order valence-corrected chi connectivity index (χ3v) is 20.8. The van der Waals surface area contributed by atoms with Crippen molar-refractivity contribution in [2.45, 2.75) is 180 Å². The number of ether oxygens (including phenoxy) is 7. The van der Waals surface area contributed by atoms with Gasteiger partial charge in [-0.2, -0.15) is 0 Å². The maximum atomic E-state index is 13.9. The van der Waals surface area contributed by atoms with Gasteiger partial charge in [0, 0.05) is 143 Å². The number of aromatic hydroxyl groups is 4. The number of phenolic OH excluding ortho intramolecular Hbond substituents is 4. The van der Waals surface area contributed by atoms with Crippen LogP contribution in [0.5, 0.6) is 34.5 Å². The van der Waals surface area contributed by atoms with Crippen LogP contribution in [-0.2, 0) is 50.9 Å². The molecular weight excluding hydrogens is 1300 g/mol. The molecule has 4 aromatic carbocycles. The van der Waals surface area contributed by atoms with Gasteiger partial charge in [0.05, 0.1) is 90.8 Å². The third kappa shape index (κ3) is 13.5. The van der Waals surface area contributed by atoms with Crippen molar-refractivity contribution in [3.63, 3.8) is 0 Å². The average Bonchev–Trinajstić information content (AvgIpc) is 0.716. The number of amides is 2.